The van der Waals surface area contributed by atoms with Gasteiger partial charge >= 0.3 is 6.18 Å². The van der Waals surface area contributed by atoms with E-state index in [1.807, 2.05) is 0 Å². The van der Waals surface area contributed by atoms with Crippen molar-refractivity contribution in [3.05, 3.63) is 29.3 Å². The van der Waals surface area contributed by atoms with E-state index in [1.165, 1.54) is 6.07 Å². The van der Waals surface area contributed by atoms with E-state index in [9.17, 15) is 13.2 Å². The van der Waals surface area contributed by atoms with E-state index in [2.05, 4.69) is 0 Å². The van der Waals surface area contributed by atoms with Crippen LogP contribution in [0.25, 0.3) is 0 Å². The molecule has 0 N–H and O–H groups in total. The van der Waals surface area contributed by atoms with Gasteiger partial charge in [0.25, 0.3) is 0 Å². The fourth-order valence-electron chi connectivity index (χ4n) is 2.13. The van der Waals surface area contributed by atoms with Crippen LogP contribution >= 0.6 is 11.6 Å². The molecule has 1 fully saturated rings. The molecule has 0 bridgehead atoms. The Morgan fingerprint density at radius 2 is 2.10 bits per heavy atom. The minimum absolute atomic E-state index is 0.0368. The van der Waals surface area contributed by atoms with Crippen molar-refractivity contribution in [1.29, 1.82) is 0 Å². The molecular formula is C14H16ClF3O2. The van der Waals surface area contributed by atoms with E-state index >= 15 is 0 Å². The maximum absolute atomic E-state index is 13.0. The van der Waals surface area contributed by atoms with Crippen LogP contribution in [0.4, 0.5) is 13.2 Å². The molecule has 6 heteroatoms. The van der Waals surface area contributed by atoms with E-state index in [0.717, 1.165) is 25.3 Å². The van der Waals surface area contributed by atoms with Crippen LogP contribution in [0.15, 0.2) is 18.2 Å². The Labute approximate surface area is 120 Å². The summed E-state index contributed by atoms with van der Waals surface area (Å²) in [5.41, 5.74) is -0.369. The molecule has 112 valence electrons. The molecule has 1 atom stereocenters. The summed E-state index contributed by atoms with van der Waals surface area (Å²) in [4.78, 5) is 0. The van der Waals surface area contributed by atoms with Gasteiger partial charge in [0, 0.05) is 12.5 Å². The SMILES string of the molecule is FC(F)(F)c1cc(CCl)ccc1OCC1CCCCO1. The van der Waals surface area contributed by atoms with Crippen molar-refractivity contribution in [3.63, 3.8) is 0 Å². The molecule has 1 saturated heterocycles. The summed E-state index contributed by atoms with van der Waals surface area (Å²) < 4.78 is 49.7. The summed E-state index contributed by atoms with van der Waals surface area (Å²) in [6, 6.07) is 3.90. The smallest absolute Gasteiger partial charge is 0.419 e. The monoisotopic (exact) mass is 308 g/mol. The van der Waals surface area contributed by atoms with Crippen molar-refractivity contribution in [1.82, 2.24) is 0 Å². The molecular weight excluding hydrogens is 293 g/mol. The molecule has 1 unspecified atom stereocenters. The topological polar surface area (TPSA) is 18.5 Å². The van der Waals surface area contributed by atoms with E-state index in [-0.39, 0.29) is 24.3 Å². The fraction of sp³-hybridized carbons (Fsp3) is 0.571. The predicted octanol–water partition coefficient (Wildman–Crippen LogP) is 4.39. The molecule has 1 aromatic carbocycles. The van der Waals surface area contributed by atoms with Crippen LogP contribution in [-0.4, -0.2) is 19.3 Å². The molecule has 1 aromatic rings. The number of hydrogen-bond acceptors (Lipinski definition) is 2. The van der Waals surface area contributed by atoms with Crippen LogP contribution in [-0.2, 0) is 16.8 Å². The summed E-state index contributed by atoms with van der Waals surface area (Å²) in [7, 11) is 0. The number of ether oxygens (including phenoxy) is 2. The van der Waals surface area contributed by atoms with Crippen LogP contribution in [0.3, 0.4) is 0 Å². The second kappa shape index (κ2) is 6.68. The summed E-state index contributed by atoms with van der Waals surface area (Å²) in [6.45, 7) is 0.786. The summed E-state index contributed by atoms with van der Waals surface area (Å²) in [5, 5.41) is 0. The van der Waals surface area contributed by atoms with Gasteiger partial charge in [-0.3, -0.25) is 0 Å². The van der Waals surface area contributed by atoms with E-state index in [4.69, 9.17) is 21.1 Å². The second-order valence-corrected chi connectivity index (χ2v) is 5.03. The molecule has 0 spiro atoms. The van der Waals surface area contributed by atoms with Crippen LogP contribution in [0.2, 0.25) is 0 Å². The number of hydrogen-bond donors (Lipinski definition) is 0. The van der Waals surface area contributed by atoms with Gasteiger partial charge in [0.1, 0.15) is 12.4 Å². The first kappa shape index (κ1) is 15.4. The molecule has 0 amide bonds. The Bertz CT molecular complexity index is 443. The molecule has 1 aliphatic rings. The Morgan fingerprint density at radius 1 is 1.30 bits per heavy atom. The third kappa shape index (κ3) is 4.03. The number of benzene rings is 1. The number of halogens is 4. The molecule has 2 nitrogen and oxygen atoms in total. The number of rotatable bonds is 4. The van der Waals surface area contributed by atoms with Crippen molar-refractivity contribution in [2.75, 3.05) is 13.2 Å². The average molecular weight is 309 g/mol. The number of alkyl halides is 4. The van der Waals surface area contributed by atoms with Gasteiger partial charge in [-0.25, -0.2) is 0 Å². The quantitative estimate of drug-likeness (QED) is 0.768. The Hall–Kier alpha value is -0.940. The fourth-order valence-corrected chi connectivity index (χ4v) is 2.30. The predicted molar refractivity (Wildman–Crippen MR) is 70.1 cm³/mol. The minimum Gasteiger partial charge on any atom is -0.490 e. The van der Waals surface area contributed by atoms with Gasteiger partial charge in [-0.15, -0.1) is 11.6 Å². The highest BCUT2D eigenvalue weighted by Gasteiger charge is 2.34. The van der Waals surface area contributed by atoms with Crippen LogP contribution in [0.5, 0.6) is 5.75 Å². The van der Waals surface area contributed by atoms with Crippen molar-refractivity contribution < 1.29 is 22.6 Å². The highest BCUT2D eigenvalue weighted by Crippen LogP contribution is 2.37. The van der Waals surface area contributed by atoms with E-state index < -0.39 is 11.7 Å². The summed E-state index contributed by atoms with van der Waals surface area (Å²) >= 11 is 5.57. The molecule has 0 saturated carbocycles. The highest BCUT2D eigenvalue weighted by atomic mass is 35.5. The summed E-state index contributed by atoms with van der Waals surface area (Å²) in [5.74, 6) is -0.129. The van der Waals surface area contributed by atoms with Gasteiger partial charge in [0.05, 0.1) is 11.7 Å². The lowest BCUT2D eigenvalue weighted by molar-refractivity contribution is -0.139. The first-order chi connectivity index (χ1) is 9.50. The molecule has 1 aliphatic heterocycles. The zero-order valence-electron chi connectivity index (χ0n) is 10.9. The normalized spacial score (nSPS) is 19.9. The lowest BCUT2D eigenvalue weighted by atomic mass is 10.1. The average Bonchev–Trinajstić information content (AvgIpc) is 2.45. The molecule has 2 rings (SSSR count). The van der Waals surface area contributed by atoms with Crippen molar-refractivity contribution in [2.45, 2.75) is 37.4 Å². The van der Waals surface area contributed by atoms with Gasteiger partial charge in [-0.2, -0.15) is 13.2 Å². The first-order valence-electron chi connectivity index (χ1n) is 6.51. The largest absolute Gasteiger partial charge is 0.490 e. The Balaban J connectivity index is 2.09. The molecule has 0 radical (unpaired) electrons. The molecule has 0 aromatic heterocycles. The van der Waals surface area contributed by atoms with E-state index in [1.54, 1.807) is 6.07 Å². The minimum atomic E-state index is -4.45. The van der Waals surface area contributed by atoms with Gasteiger partial charge in [0.2, 0.25) is 0 Å². The Morgan fingerprint density at radius 3 is 2.70 bits per heavy atom. The van der Waals surface area contributed by atoms with Gasteiger partial charge < -0.3 is 9.47 Å². The molecule has 0 aliphatic carbocycles. The zero-order valence-corrected chi connectivity index (χ0v) is 11.6. The molecule has 20 heavy (non-hydrogen) atoms. The second-order valence-electron chi connectivity index (χ2n) is 4.76. The Kier molecular flexibility index (Phi) is 5.16. The van der Waals surface area contributed by atoms with Crippen LogP contribution in [0.1, 0.15) is 30.4 Å². The third-order valence-electron chi connectivity index (χ3n) is 3.20. The van der Waals surface area contributed by atoms with Crippen LogP contribution in [0, 0.1) is 0 Å². The highest BCUT2D eigenvalue weighted by molar-refractivity contribution is 6.17. The van der Waals surface area contributed by atoms with Crippen molar-refractivity contribution in [3.8, 4) is 5.75 Å². The van der Waals surface area contributed by atoms with Crippen LogP contribution < -0.4 is 4.74 Å². The van der Waals surface area contributed by atoms with Crippen molar-refractivity contribution >= 4 is 11.6 Å². The van der Waals surface area contributed by atoms with Crippen molar-refractivity contribution in [2.24, 2.45) is 0 Å². The standard InChI is InChI=1S/C14H16ClF3O2/c15-8-10-4-5-13(12(7-10)14(16,17)18)20-9-11-3-1-2-6-19-11/h4-5,7,11H,1-3,6,8-9H2. The third-order valence-corrected chi connectivity index (χ3v) is 3.51. The van der Waals surface area contributed by atoms with E-state index in [0.29, 0.717) is 12.2 Å². The molecule has 1 heterocycles. The maximum Gasteiger partial charge on any atom is 0.419 e. The van der Waals surface area contributed by atoms with Gasteiger partial charge in [0.15, 0.2) is 0 Å². The zero-order chi connectivity index (χ0) is 14.6. The summed E-state index contributed by atoms with van der Waals surface area (Å²) in [6.07, 6.45) is -1.75. The first-order valence-corrected chi connectivity index (χ1v) is 7.04. The lowest BCUT2D eigenvalue weighted by Gasteiger charge is -2.23. The van der Waals surface area contributed by atoms with Gasteiger partial charge in [-0.05, 0) is 37.0 Å². The lowest BCUT2D eigenvalue weighted by Crippen LogP contribution is -2.26. The van der Waals surface area contributed by atoms with Gasteiger partial charge in [-0.1, -0.05) is 6.07 Å². The maximum atomic E-state index is 13.0.